The Kier molecular flexibility index (Phi) is 4.04. The number of hydrogen-bond donors (Lipinski definition) is 1. The standard InChI is InChI=1S/C13H11FO3S/c14-12-4-3-9(13(15)16)6-10(12)7-18-8-11-2-1-5-17-11/h1-6H,7-8H2,(H,15,16). The average Bonchev–Trinajstić information content (AvgIpc) is 2.84. The van der Waals surface area contributed by atoms with Gasteiger partial charge in [-0.05, 0) is 35.9 Å². The predicted octanol–water partition coefficient (Wildman–Crippen LogP) is 3.55. The Morgan fingerprint density at radius 1 is 1.33 bits per heavy atom. The van der Waals surface area contributed by atoms with Crippen molar-refractivity contribution in [2.45, 2.75) is 11.5 Å². The van der Waals surface area contributed by atoms with E-state index in [4.69, 9.17) is 9.52 Å². The van der Waals surface area contributed by atoms with Gasteiger partial charge in [0.15, 0.2) is 0 Å². The maximum absolute atomic E-state index is 13.5. The molecule has 0 saturated heterocycles. The lowest BCUT2D eigenvalue weighted by Gasteiger charge is -2.04. The number of hydrogen-bond acceptors (Lipinski definition) is 3. The molecule has 0 aliphatic rings. The molecule has 0 fully saturated rings. The van der Waals surface area contributed by atoms with Gasteiger partial charge < -0.3 is 9.52 Å². The molecular formula is C13H11FO3S. The van der Waals surface area contributed by atoms with Gasteiger partial charge in [0, 0.05) is 5.75 Å². The molecule has 1 aromatic carbocycles. The lowest BCUT2D eigenvalue weighted by atomic mass is 10.1. The fourth-order valence-electron chi connectivity index (χ4n) is 1.47. The highest BCUT2D eigenvalue weighted by Crippen LogP contribution is 2.21. The van der Waals surface area contributed by atoms with Gasteiger partial charge in [-0.15, -0.1) is 11.8 Å². The highest BCUT2D eigenvalue weighted by Gasteiger charge is 2.08. The van der Waals surface area contributed by atoms with Crippen molar-refractivity contribution in [2.75, 3.05) is 0 Å². The van der Waals surface area contributed by atoms with Crippen LogP contribution < -0.4 is 0 Å². The minimum absolute atomic E-state index is 0.102. The first-order chi connectivity index (χ1) is 8.66. The summed E-state index contributed by atoms with van der Waals surface area (Å²) in [6, 6.07) is 7.45. The SMILES string of the molecule is O=C(O)c1ccc(F)c(CSCc2ccco2)c1. The maximum Gasteiger partial charge on any atom is 0.335 e. The minimum Gasteiger partial charge on any atom is -0.478 e. The second-order valence-electron chi connectivity index (χ2n) is 3.68. The molecule has 2 rings (SSSR count). The second kappa shape index (κ2) is 5.73. The van der Waals surface area contributed by atoms with Crippen molar-refractivity contribution < 1.29 is 18.7 Å². The molecule has 0 amide bonds. The van der Waals surface area contributed by atoms with Gasteiger partial charge in [0.2, 0.25) is 0 Å². The van der Waals surface area contributed by atoms with E-state index in [9.17, 15) is 9.18 Å². The summed E-state index contributed by atoms with van der Waals surface area (Å²) in [6.45, 7) is 0. The lowest BCUT2D eigenvalue weighted by Crippen LogP contribution is -1.99. The molecular weight excluding hydrogens is 255 g/mol. The van der Waals surface area contributed by atoms with Crippen molar-refractivity contribution >= 4 is 17.7 Å². The molecule has 18 heavy (non-hydrogen) atoms. The first-order valence-corrected chi connectivity index (χ1v) is 6.44. The largest absolute Gasteiger partial charge is 0.478 e. The van der Waals surface area contributed by atoms with Gasteiger partial charge >= 0.3 is 5.97 Å². The van der Waals surface area contributed by atoms with Crippen molar-refractivity contribution in [3.8, 4) is 0 Å². The van der Waals surface area contributed by atoms with E-state index in [1.165, 1.54) is 30.0 Å². The van der Waals surface area contributed by atoms with Gasteiger partial charge in [0.1, 0.15) is 11.6 Å². The van der Waals surface area contributed by atoms with Crippen molar-refractivity contribution in [3.05, 3.63) is 59.3 Å². The lowest BCUT2D eigenvalue weighted by molar-refractivity contribution is 0.0696. The third kappa shape index (κ3) is 3.13. The molecule has 1 N–H and O–H groups in total. The van der Waals surface area contributed by atoms with Crippen LogP contribution in [0.2, 0.25) is 0 Å². The van der Waals surface area contributed by atoms with Crippen LogP contribution in [0.25, 0.3) is 0 Å². The Balaban J connectivity index is 2.00. The number of aromatic carboxylic acids is 1. The summed E-state index contributed by atoms with van der Waals surface area (Å²) < 4.78 is 18.6. The number of furan rings is 1. The zero-order chi connectivity index (χ0) is 13.0. The molecule has 0 unspecified atom stereocenters. The molecule has 3 nitrogen and oxygen atoms in total. The van der Waals surface area contributed by atoms with Crippen LogP contribution in [0.5, 0.6) is 0 Å². The maximum atomic E-state index is 13.5. The zero-order valence-electron chi connectivity index (χ0n) is 9.43. The van der Waals surface area contributed by atoms with Crippen molar-refractivity contribution in [1.29, 1.82) is 0 Å². The summed E-state index contributed by atoms with van der Waals surface area (Å²) >= 11 is 1.47. The smallest absolute Gasteiger partial charge is 0.335 e. The Hall–Kier alpha value is -1.75. The van der Waals surface area contributed by atoms with Crippen LogP contribution in [-0.2, 0) is 11.5 Å². The Labute approximate surface area is 108 Å². The zero-order valence-corrected chi connectivity index (χ0v) is 10.2. The molecule has 0 aliphatic carbocycles. The number of carboxylic acids is 1. The molecule has 0 aliphatic heterocycles. The van der Waals surface area contributed by atoms with E-state index in [2.05, 4.69) is 0 Å². The van der Waals surface area contributed by atoms with Gasteiger partial charge in [-0.1, -0.05) is 0 Å². The average molecular weight is 266 g/mol. The number of benzene rings is 1. The molecule has 0 radical (unpaired) electrons. The van der Waals surface area contributed by atoms with Crippen LogP contribution in [0.15, 0.2) is 41.0 Å². The monoisotopic (exact) mass is 266 g/mol. The number of carboxylic acid groups (broad SMARTS) is 1. The fraction of sp³-hybridized carbons (Fsp3) is 0.154. The van der Waals surface area contributed by atoms with Crippen LogP contribution in [0.1, 0.15) is 21.7 Å². The van der Waals surface area contributed by atoms with Gasteiger partial charge in [0.05, 0.1) is 17.6 Å². The third-order valence-electron chi connectivity index (χ3n) is 2.37. The fourth-order valence-corrected chi connectivity index (χ4v) is 2.38. The molecule has 1 heterocycles. The van der Waals surface area contributed by atoms with E-state index in [-0.39, 0.29) is 11.4 Å². The van der Waals surface area contributed by atoms with Crippen LogP contribution >= 0.6 is 11.8 Å². The topological polar surface area (TPSA) is 50.4 Å². The first kappa shape index (κ1) is 12.7. The normalized spacial score (nSPS) is 10.5. The highest BCUT2D eigenvalue weighted by molar-refractivity contribution is 7.97. The number of halogens is 1. The molecule has 2 aromatic rings. The van der Waals surface area contributed by atoms with Crippen molar-refractivity contribution in [3.63, 3.8) is 0 Å². The van der Waals surface area contributed by atoms with Crippen LogP contribution in [-0.4, -0.2) is 11.1 Å². The van der Waals surface area contributed by atoms with E-state index in [0.29, 0.717) is 17.1 Å². The van der Waals surface area contributed by atoms with E-state index in [1.54, 1.807) is 12.3 Å². The number of thioether (sulfide) groups is 1. The minimum atomic E-state index is -1.05. The number of carbonyl (C=O) groups is 1. The summed E-state index contributed by atoms with van der Waals surface area (Å²) in [4.78, 5) is 10.8. The summed E-state index contributed by atoms with van der Waals surface area (Å²) in [6.07, 6.45) is 1.58. The highest BCUT2D eigenvalue weighted by atomic mass is 32.2. The van der Waals surface area contributed by atoms with Crippen molar-refractivity contribution in [2.24, 2.45) is 0 Å². The second-order valence-corrected chi connectivity index (χ2v) is 4.67. The van der Waals surface area contributed by atoms with Gasteiger partial charge in [0.25, 0.3) is 0 Å². The van der Waals surface area contributed by atoms with Crippen molar-refractivity contribution in [1.82, 2.24) is 0 Å². The van der Waals surface area contributed by atoms with E-state index in [1.807, 2.05) is 6.07 Å². The van der Waals surface area contributed by atoms with Gasteiger partial charge in [-0.25, -0.2) is 9.18 Å². The first-order valence-electron chi connectivity index (χ1n) is 5.28. The van der Waals surface area contributed by atoms with Crippen LogP contribution in [0.3, 0.4) is 0 Å². The molecule has 1 aromatic heterocycles. The molecule has 0 saturated carbocycles. The predicted molar refractivity (Wildman–Crippen MR) is 67.1 cm³/mol. The third-order valence-corrected chi connectivity index (χ3v) is 3.38. The summed E-state index contributed by atoms with van der Waals surface area (Å²) in [5, 5.41) is 8.83. The molecule has 0 spiro atoms. The molecule has 0 atom stereocenters. The summed E-state index contributed by atoms with van der Waals surface area (Å²) in [7, 11) is 0. The Morgan fingerprint density at radius 3 is 2.83 bits per heavy atom. The molecule has 5 heteroatoms. The Bertz CT molecular complexity index is 537. The van der Waals surface area contributed by atoms with E-state index < -0.39 is 5.97 Å². The number of rotatable bonds is 5. The van der Waals surface area contributed by atoms with E-state index in [0.717, 1.165) is 5.76 Å². The Morgan fingerprint density at radius 2 is 2.17 bits per heavy atom. The van der Waals surface area contributed by atoms with Crippen LogP contribution in [0, 0.1) is 5.82 Å². The van der Waals surface area contributed by atoms with Gasteiger partial charge in [-0.3, -0.25) is 0 Å². The quantitative estimate of drug-likeness (QED) is 0.899. The summed E-state index contributed by atoms with van der Waals surface area (Å²) in [5.74, 6) is 0.422. The molecule has 0 bridgehead atoms. The molecule has 94 valence electrons. The van der Waals surface area contributed by atoms with Gasteiger partial charge in [-0.2, -0.15) is 0 Å². The van der Waals surface area contributed by atoms with Crippen LogP contribution in [0.4, 0.5) is 4.39 Å². The summed E-state index contributed by atoms with van der Waals surface area (Å²) in [5.41, 5.74) is 0.497. The van der Waals surface area contributed by atoms with E-state index >= 15 is 0 Å².